The average Bonchev–Trinajstić information content (AvgIpc) is 2.76. The molecule has 0 bridgehead atoms. The molecule has 162 valence electrons. The Balaban J connectivity index is 1.78. The number of carbonyl (C=O) groups is 1. The number of amides is 1. The Labute approximate surface area is 218 Å². The number of benzene rings is 3. The first kappa shape index (κ1) is 24.6. The van der Waals surface area contributed by atoms with Gasteiger partial charge in [-0.3, -0.25) is 4.79 Å². The molecule has 0 spiro atoms. The van der Waals surface area contributed by atoms with E-state index in [1.165, 1.54) is 11.6 Å². The van der Waals surface area contributed by atoms with Gasteiger partial charge >= 0.3 is 0 Å². The number of carbonyl (C=O) groups excluding carboxylic acids is 1. The topological polar surface area (TPSA) is 62.1 Å². The van der Waals surface area contributed by atoms with Crippen LogP contribution in [0.4, 0.5) is 5.69 Å². The summed E-state index contributed by atoms with van der Waals surface area (Å²) in [4.78, 5) is 12.6. The molecular formula is C24H16BrCl2IN2O2. The maximum absolute atomic E-state index is 12.6. The Hall–Kier alpha value is -2.05. The van der Waals surface area contributed by atoms with E-state index in [9.17, 15) is 10.1 Å². The van der Waals surface area contributed by atoms with Crippen molar-refractivity contribution in [3.05, 3.63) is 94.9 Å². The van der Waals surface area contributed by atoms with E-state index in [0.717, 1.165) is 13.6 Å². The minimum Gasteiger partial charge on any atom is -0.487 e. The summed E-state index contributed by atoms with van der Waals surface area (Å²) < 4.78 is 7.54. The minimum absolute atomic E-state index is 0.0722. The summed E-state index contributed by atoms with van der Waals surface area (Å²) in [7, 11) is 0. The van der Waals surface area contributed by atoms with E-state index in [-0.39, 0.29) is 10.6 Å². The van der Waals surface area contributed by atoms with Gasteiger partial charge in [0.05, 0.1) is 23.8 Å². The minimum atomic E-state index is -0.581. The van der Waals surface area contributed by atoms with Gasteiger partial charge < -0.3 is 10.1 Å². The molecule has 0 radical (unpaired) electrons. The number of rotatable bonds is 6. The number of nitrogens with one attached hydrogen (secondary N) is 1. The van der Waals surface area contributed by atoms with Crippen molar-refractivity contribution in [3.63, 3.8) is 0 Å². The van der Waals surface area contributed by atoms with Crippen molar-refractivity contribution in [2.45, 2.75) is 13.5 Å². The van der Waals surface area contributed by atoms with Crippen LogP contribution in [0.25, 0.3) is 6.08 Å². The van der Waals surface area contributed by atoms with Crippen LogP contribution in [0.2, 0.25) is 10.0 Å². The molecule has 32 heavy (non-hydrogen) atoms. The lowest BCUT2D eigenvalue weighted by molar-refractivity contribution is -0.112. The van der Waals surface area contributed by atoms with Crippen LogP contribution < -0.4 is 10.1 Å². The van der Waals surface area contributed by atoms with Gasteiger partial charge in [-0.25, -0.2) is 0 Å². The van der Waals surface area contributed by atoms with Crippen molar-refractivity contribution < 1.29 is 9.53 Å². The molecule has 3 aromatic carbocycles. The van der Waals surface area contributed by atoms with Crippen molar-refractivity contribution in [2.24, 2.45) is 0 Å². The summed E-state index contributed by atoms with van der Waals surface area (Å²) in [5.74, 6) is 0.111. The summed E-state index contributed by atoms with van der Waals surface area (Å²) >= 11 is 17.8. The van der Waals surface area contributed by atoms with Crippen LogP contribution in [-0.4, -0.2) is 5.91 Å². The van der Waals surface area contributed by atoms with Gasteiger partial charge in [0.1, 0.15) is 24.0 Å². The van der Waals surface area contributed by atoms with E-state index >= 15 is 0 Å². The molecular weight excluding hydrogens is 626 g/mol. The zero-order valence-electron chi connectivity index (χ0n) is 16.8. The molecule has 1 amide bonds. The molecule has 0 aliphatic carbocycles. The fraction of sp³-hybridized carbons (Fsp3) is 0.0833. The number of nitrogens with zero attached hydrogens (tertiary/aromatic N) is 1. The lowest BCUT2D eigenvalue weighted by Gasteiger charge is -2.12. The monoisotopic (exact) mass is 640 g/mol. The lowest BCUT2D eigenvalue weighted by Crippen LogP contribution is -2.13. The number of hydrogen-bond acceptors (Lipinski definition) is 3. The molecule has 0 unspecified atom stereocenters. The second-order valence-electron chi connectivity index (χ2n) is 6.81. The van der Waals surface area contributed by atoms with Crippen LogP contribution in [0.15, 0.2) is 64.6 Å². The maximum atomic E-state index is 12.6. The molecule has 0 heterocycles. The molecule has 0 aliphatic rings. The van der Waals surface area contributed by atoms with Gasteiger partial charge in [-0.15, -0.1) is 0 Å². The van der Waals surface area contributed by atoms with Gasteiger partial charge in [-0.05, 0) is 86.9 Å². The zero-order valence-corrected chi connectivity index (χ0v) is 22.0. The standard InChI is InChI=1S/C24H16BrCl2IN2O2/c1-14-5-7-15(8-6-14)13-32-23-18(25)10-16(11-20(23)28)9-17(12-29)24(31)30-21-4-2-3-19(26)22(21)27/h2-11H,13H2,1H3,(H,30,31)/b17-9-. The van der Waals surface area contributed by atoms with Crippen molar-refractivity contribution in [1.29, 1.82) is 5.26 Å². The largest absolute Gasteiger partial charge is 0.487 e. The average molecular weight is 642 g/mol. The van der Waals surface area contributed by atoms with E-state index in [0.29, 0.717) is 28.6 Å². The van der Waals surface area contributed by atoms with E-state index < -0.39 is 5.91 Å². The molecule has 0 atom stereocenters. The van der Waals surface area contributed by atoms with Crippen LogP contribution in [0.1, 0.15) is 16.7 Å². The number of anilines is 1. The third-order valence-electron chi connectivity index (χ3n) is 4.40. The van der Waals surface area contributed by atoms with Gasteiger partial charge in [0.15, 0.2) is 0 Å². The summed E-state index contributed by atoms with van der Waals surface area (Å²) in [6, 6.07) is 18.6. The molecule has 0 saturated carbocycles. The predicted octanol–water partition coefficient (Wildman–Crippen LogP) is 7.79. The van der Waals surface area contributed by atoms with Crippen molar-refractivity contribution in [1.82, 2.24) is 0 Å². The Morgan fingerprint density at radius 2 is 1.94 bits per heavy atom. The highest BCUT2D eigenvalue weighted by Crippen LogP contribution is 2.34. The Morgan fingerprint density at radius 3 is 2.59 bits per heavy atom. The molecule has 0 fully saturated rings. The molecule has 3 rings (SSSR count). The number of aryl methyl sites for hydroxylation is 1. The van der Waals surface area contributed by atoms with Gasteiger partial charge in [0, 0.05) is 0 Å². The number of hydrogen-bond donors (Lipinski definition) is 1. The van der Waals surface area contributed by atoms with E-state index in [4.69, 9.17) is 27.9 Å². The summed E-state index contributed by atoms with van der Waals surface area (Å²) in [5, 5.41) is 12.7. The first-order valence-electron chi connectivity index (χ1n) is 9.33. The molecule has 0 saturated heterocycles. The quantitative estimate of drug-likeness (QED) is 0.170. The molecule has 4 nitrogen and oxygen atoms in total. The second kappa shape index (κ2) is 11.2. The second-order valence-corrected chi connectivity index (χ2v) is 9.61. The Morgan fingerprint density at radius 1 is 1.22 bits per heavy atom. The van der Waals surface area contributed by atoms with E-state index in [1.54, 1.807) is 24.3 Å². The fourth-order valence-corrected chi connectivity index (χ4v) is 4.86. The van der Waals surface area contributed by atoms with Gasteiger partial charge in [0.2, 0.25) is 0 Å². The molecule has 0 aliphatic heterocycles. The number of ether oxygens (including phenoxy) is 1. The number of nitriles is 1. The number of halogens is 4. The molecule has 3 aromatic rings. The first-order valence-corrected chi connectivity index (χ1v) is 12.0. The summed E-state index contributed by atoms with van der Waals surface area (Å²) in [6.45, 7) is 2.46. The van der Waals surface area contributed by atoms with Crippen molar-refractivity contribution in [2.75, 3.05) is 5.32 Å². The smallest absolute Gasteiger partial charge is 0.266 e. The Kier molecular flexibility index (Phi) is 8.60. The fourth-order valence-electron chi connectivity index (χ4n) is 2.75. The van der Waals surface area contributed by atoms with Gasteiger partial charge in [-0.1, -0.05) is 59.1 Å². The highest BCUT2D eigenvalue weighted by molar-refractivity contribution is 14.1. The molecule has 0 aromatic heterocycles. The highest BCUT2D eigenvalue weighted by Gasteiger charge is 2.14. The van der Waals surface area contributed by atoms with Crippen LogP contribution in [0.5, 0.6) is 5.75 Å². The highest BCUT2D eigenvalue weighted by atomic mass is 127. The van der Waals surface area contributed by atoms with Gasteiger partial charge in [-0.2, -0.15) is 5.26 Å². The normalized spacial score (nSPS) is 11.1. The van der Waals surface area contributed by atoms with Crippen molar-refractivity contribution in [3.8, 4) is 11.8 Å². The van der Waals surface area contributed by atoms with Crippen molar-refractivity contribution >= 4 is 79.4 Å². The maximum Gasteiger partial charge on any atom is 0.266 e. The van der Waals surface area contributed by atoms with Crippen LogP contribution in [-0.2, 0) is 11.4 Å². The third kappa shape index (κ3) is 6.26. The van der Waals surface area contributed by atoms with Crippen LogP contribution in [0.3, 0.4) is 0 Å². The third-order valence-corrected chi connectivity index (χ3v) is 6.61. The zero-order chi connectivity index (χ0) is 23.3. The lowest BCUT2D eigenvalue weighted by atomic mass is 10.1. The van der Waals surface area contributed by atoms with E-state index in [1.807, 2.05) is 43.3 Å². The van der Waals surface area contributed by atoms with Crippen LogP contribution >= 0.6 is 61.7 Å². The molecule has 8 heteroatoms. The molecule has 1 N–H and O–H groups in total. The van der Waals surface area contributed by atoms with Crippen LogP contribution in [0, 0.1) is 21.8 Å². The first-order chi connectivity index (χ1) is 15.3. The summed E-state index contributed by atoms with van der Waals surface area (Å²) in [5.41, 5.74) is 3.19. The predicted molar refractivity (Wildman–Crippen MR) is 141 cm³/mol. The van der Waals surface area contributed by atoms with Gasteiger partial charge in [0.25, 0.3) is 5.91 Å². The van der Waals surface area contributed by atoms with E-state index in [2.05, 4.69) is 43.8 Å². The SMILES string of the molecule is Cc1ccc(COc2c(Br)cc(/C=C(/C#N)C(=O)Nc3cccc(Cl)c3Cl)cc2I)cc1. The summed E-state index contributed by atoms with van der Waals surface area (Å²) in [6.07, 6.45) is 1.50. The Bertz CT molecular complexity index is 1210.